The van der Waals surface area contributed by atoms with Gasteiger partial charge in [0.25, 0.3) is 5.91 Å². The van der Waals surface area contributed by atoms with Gasteiger partial charge in [-0.3, -0.25) is 9.59 Å². The fraction of sp³-hybridized carbons (Fsp3) is 0.500. The third-order valence-corrected chi connectivity index (χ3v) is 3.95. The third-order valence-electron chi connectivity index (χ3n) is 3.95. The van der Waals surface area contributed by atoms with Crippen LogP contribution in [0.15, 0.2) is 24.3 Å². The second-order valence-electron chi connectivity index (χ2n) is 6.12. The molecule has 24 heavy (non-hydrogen) atoms. The first-order chi connectivity index (χ1) is 11.2. The van der Waals surface area contributed by atoms with Crippen LogP contribution in [0.4, 0.5) is 0 Å². The highest BCUT2D eigenvalue weighted by atomic mass is 16.5. The van der Waals surface area contributed by atoms with Gasteiger partial charge in [0.15, 0.2) is 6.10 Å². The molecule has 2 unspecified atom stereocenters. The SMILES string of the molecule is COc1ccc(CC(=O)OC(C)C(=O)NC(C)(C#N)C(C)C)cc1. The lowest BCUT2D eigenvalue weighted by atomic mass is 9.90. The average Bonchev–Trinajstić information content (AvgIpc) is 2.54. The molecule has 6 nitrogen and oxygen atoms in total. The van der Waals surface area contributed by atoms with E-state index in [0.717, 1.165) is 5.56 Å². The number of hydrogen-bond acceptors (Lipinski definition) is 5. The number of methoxy groups -OCH3 is 1. The van der Waals surface area contributed by atoms with Crippen molar-refractivity contribution < 1.29 is 19.1 Å². The van der Waals surface area contributed by atoms with Gasteiger partial charge in [-0.15, -0.1) is 0 Å². The van der Waals surface area contributed by atoms with Crippen LogP contribution in [0.1, 0.15) is 33.3 Å². The van der Waals surface area contributed by atoms with E-state index < -0.39 is 23.5 Å². The molecule has 0 heterocycles. The Bertz CT molecular complexity index is 619. The van der Waals surface area contributed by atoms with Gasteiger partial charge in [-0.1, -0.05) is 26.0 Å². The molecule has 6 heteroatoms. The van der Waals surface area contributed by atoms with Crippen molar-refractivity contribution in [3.63, 3.8) is 0 Å². The molecule has 0 radical (unpaired) electrons. The topological polar surface area (TPSA) is 88.4 Å². The lowest BCUT2D eigenvalue weighted by Crippen LogP contribution is -2.52. The van der Waals surface area contributed by atoms with Gasteiger partial charge in [0, 0.05) is 0 Å². The number of nitriles is 1. The summed E-state index contributed by atoms with van der Waals surface area (Å²) in [7, 11) is 1.57. The maximum atomic E-state index is 12.1. The van der Waals surface area contributed by atoms with E-state index in [1.54, 1.807) is 38.3 Å². The molecule has 2 atom stereocenters. The predicted molar refractivity (Wildman–Crippen MR) is 89.3 cm³/mol. The minimum absolute atomic E-state index is 0.0569. The summed E-state index contributed by atoms with van der Waals surface area (Å²) in [6.07, 6.45) is -0.913. The number of rotatable bonds is 7. The van der Waals surface area contributed by atoms with Crippen LogP contribution in [0.5, 0.6) is 5.75 Å². The van der Waals surface area contributed by atoms with Crippen LogP contribution in [0.3, 0.4) is 0 Å². The van der Waals surface area contributed by atoms with E-state index in [2.05, 4.69) is 11.4 Å². The molecular weight excluding hydrogens is 308 g/mol. The molecule has 0 aromatic heterocycles. The molecule has 0 aliphatic carbocycles. The van der Waals surface area contributed by atoms with Gasteiger partial charge in [0.2, 0.25) is 0 Å². The quantitative estimate of drug-likeness (QED) is 0.774. The van der Waals surface area contributed by atoms with Crippen LogP contribution in [-0.2, 0) is 20.7 Å². The molecule has 0 saturated carbocycles. The van der Waals surface area contributed by atoms with E-state index in [4.69, 9.17) is 9.47 Å². The number of nitrogens with zero attached hydrogens (tertiary/aromatic N) is 1. The van der Waals surface area contributed by atoms with Crippen LogP contribution in [-0.4, -0.2) is 30.6 Å². The molecule has 0 aliphatic rings. The summed E-state index contributed by atoms with van der Waals surface area (Å²) in [6, 6.07) is 9.10. The van der Waals surface area contributed by atoms with Crippen molar-refractivity contribution in [1.29, 1.82) is 5.26 Å². The first-order valence-electron chi connectivity index (χ1n) is 7.77. The number of carbonyl (C=O) groups is 2. The van der Waals surface area contributed by atoms with Crippen molar-refractivity contribution in [2.45, 2.75) is 45.8 Å². The second-order valence-corrected chi connectivity index (χ2v) is 6.12. The Morgan fingerprint density at radius 1 is 1.25 bits per heavy atom. The fourth-order valence-electron chi connectivity index (χ4n) is 1.86. The monoisotopic (exact) mass is 332 g/mol. The molecule has 0 saturated heterocycles. The zero-order valence-electron chi connectivity index (χ0n) is 14.8. The number of nitrogens with one attached hydrogen (secondary N) is 1. The molecule has 0 aliphatic heterocycles. The number of carbonyl (C=O) groups excluding carboxylic acids is 2. The molecule has 1 rings (SSSR count). The van der Waals surface area contributed by atoms with Gasteiger partial charge in [-0.2, -0.15) is 5.26 Å². The second kappa shape index (κ2) is 8.34. The zero-order valence-corrected chi connectivity index (χ0v) is 14.8. The maximum absolute atomic E-state index is 12.1. The molecule has 1 N–H and O–H groups in total. The Kier molecular flexibility index (Phi) is 6.78. The van der Waals surface area contributed by atoms with Gasteiger partial charge in [-0.05, 0) is 37.5 Å². The summed E-state index contributed by atoms with van der Waals surface area (Å²) in [6.45, 7) is 6.80. The van der Waals surface area contributed by atoms with Crippen LogP contribution >= 0.6 is 0 Å². The van der Waals surface area contributed by atoms with E-state index in [1.165, 1.54) is 6.92 Å². The Hall–Kier alpha value is -2.55. The standard InChI is InChI=1S/C18H24N2O4/c1-12(2)18(4,11-19)20-17(22)13(3)24-16(21)10-14-6-8-15(23-5)9-7-14/h6-9,12-13H,10H2,1-5H3,(H,20,22). The van der Waals surface area contributed by atoms with E-state index >= 15 is 0 Å². The highest BCUT2D eigenvalue weighted by Crippen LogP contribution is 2.16. The molecule has 1 amide bonds. The minimum atomic E-state index is -1.01. The van der Waals surface area contributed by atoms with Gasteiger partial charge >= 0.3 is 5.97 Å². The van der Waals surface area contributed by atoms with Crippen molar-refractivity contribution in [3.05, 3.63) is 29.8 Å². The highest BCUT2D eigenvalue weighted by Gasteiger charge is 2.32. The van der Waals surface area contributed by atoms with Crippen LogP contribution in [0.2, 0.25) is 0 Å². The van der Waals surface area contributed by atoms with Crippen molar-refractivity contribution in [1.82, 2.24) is 5.32 Å². The number of benzene rings is 1. The van der Waals surface area contributed by atoms with Gasteiger partial charge in [-0.25, -0.2) is 0 Å². The lowest BCUT2D eigenvalue weighted by molar-refractivity contribution is -0.154. The van der Waals surface area contributed by atoms with Crippen LogP contribution < -0.4 is 10.1 Å². The van der Waals surface area contributed by atoms with Crippen molar-refractivity contribution in [3.8, 4) is 11.8 Å². The van der Waals surface area contributed by atoms with Crippen molar-refractivity contribution in [2.24, 2.45) is 5.92 Å². The van der Waals surface area contributed by atoms with Crippen LogP contribution in [0, 0.1) is 17.2 Å². The van der Waals surface area contributed by atoms with Gasteiger partial charge < -0.3 is 14.8 Å². The number of amides is 1. The van der Waals surface area contributed by atoms with Gasteiger partial charge in [0.1, 0.15) is 11.3 Å². The molecule has 130 valence electrons. The number of esters is 1. The Morgan fingerprint density at radius 2 is 1.83 bits per heavy atom. The molecule has 1 aromatic carbocycles. The average molecular weight is 332 g/mol. The Balaban J connectivity index is 2.59. The molecular formula is C18H24N2O4. The maximum Gasteiger partial charge on any atom is 0.311 e. The smallest absolute Gasteiger partial charge is 0.311 e. The normalized spacial score (nSPS) is 14.2. The van der Waals surface area contributed by atoms with Gasteiger partial charge in [0.05, 0.1) is 19.6 Å². The summed E-state index contributed by atoms with van der Waals surface area (Å²) in [5, 5.41) is 11.9. The Labute approximate surface area is 142 Å². The molecule has 0 fully saturated rings. The predicted octanol–water partition coefficient (Wildman–Crippen LogP) is 2.22. The Morgan fingerprint density at radius 3 is 2.29 bits per heavy atom. The number of hydrogen-bond donors (Lipinski definition) is 1. The highest BCUT2D eigenvalue weighted by molar-refractivity contribution is 5.84. The first-order valence-corrected chi connectivity index (χ1v) is 7.77. The van der Waals surface area contributed by atoms with E-state index in [9.17, 15) is 14.9 Å². The third kappa shape index (κ3) is 5.27. The molecule has 0 bridgehead atoms. The summed E-state index contributed by atoms with van der Waals surface area (Å²) in [5.41, 5.74) is -0.245. The van der Waals surface area contributed by atoms with E-state index in [1.807, 2.05) is 13.8 Å². The van der Waals surface area contributed by atoms with E-state index in [-0.39, 0.29) is 12.3 Å². The minimum Gasteiger partial charge on any atom is -0.497 e. The number of ether oxygens (including phenoxy) is 2. The summed E-state index contributed by atoms with van der Waals surface area (Å²) < 4.78 is 10.2. The van der Waals surface area contributed by atoms with Crippen molar-refractivity contribution >= 4 is 11.9 Å². The molecule has 1 aromatic rings. The zero-order chi connectivity index (χ0) is 18.3. The summed E-state index contributed by atoms with van der Waals surface area (Å²) >= 11 is 0. The lowest BCUT2D eigenvalue weighted by Gasteiger charge is -2.28. The molecule has 0 spiro atoms. The van der Waals surface area contributed by atoms with Crippen molar-refractivity contribution in [2.75, 3.05) is 7.11 Å². The van der Waals surface area contributed by atoms with Crippen LogP contribution in [0.25, 0.3) is 0 Å². The fourth-order valence-corrected chi connectivity index (χ4v) is 1.86. The summed E-state index contributed by atoms with van der Waals surface area (Å²) in [5.74, 6) is -0.375. The summed E-state index contributed by atoms with van der Waals surface area (Å²) in [4.78, 5) is 24.1. The van der Waals surface area contributed by atoms with E-state index in [0.29, 0.717) is 5.75 Å². The largest absolute Gasteiger partial charge is 0.497 e. The first kappa shape index (κ1) is 19.5.